The van der Waals surface area contributed by atoms with Gasteiger partial charge in [-0.05, 0) is 18.6 Å². The summed E-state index contributed by atoms with van der Waals surface area (Å²) in [4.78, 5) is 22.0. The lowest BCUT2D eigenvalue weighted by molar-refractivity contribution is -0.142. The lowest BCUT2D eigenvalue weighted by atomic mass is 10.2. The fraction of sp³-hybridized carbons (Fsp3) is 0.385. The van der Waals surface area contributed by atoms with E-state index < -0.39 is 24.5 Å². The fourth-order valence-electron chi connectivity index (χ4n) is 1.48. The molecule has 20 heavy (non-hydrogen) atoms. The highest BCUT2D eigenvalue weighted by Gasteiger charge is 2.18. The van der Waals surface area contributed by atoms with Crippen molar-refractivity contribution >= 4 is 17.6 Å². The van der Waals surface area contributed by atoms with Crippen molar-refractivity contribution in [3.63, 3.8) is 0 Å². The normalized spacial score (nSPS) is 11.7. The Morgan fingerprint density at radius 1 is 1.35 bits per heavy atom. The molecule has 5 N–H and O–H groups in total. The standard InChI is InChI=1S/C13H18N2O5/c14-9-4-1-2-5-11(9)20-7-3-6-12(17)15-10(8-16)13(18)19/h1-2,4-5,10,16H,3,6-8,14H2,(H,15,17)(H,18,19). The number of benzene rings is 1. The van der Waals surface area contributed by atoms with Gasteiger partial charge in [-0.15, -0.1) is 0 Å². The van der Waals surface area contributed by atoms with Gasteiger partial charge in [0.15, 0.2) is 0 Å². The molecule has 0 bridgehead atoms. The Kier molecular flexibility index (Phi) is 6.31. The molecule has 0 saturated heterocycles. The van der Waals surface area contributed by atoms with Gasteiger partial charge in [-0.1, -0.05) is 12.1 Å². The highest BCUT2D eigenvalue weighted by atomic mass is 16.5. The molecule has 0 aliphatic rings. The van der Waals surface area contributed by atoms with Gasteiger partial charge in [-0.2, -0.15) is 0 Å². The number of carboxylic acid groups (broad SMARTS) is 1. The van der Waals surface area contributed by atoms with Crippen LogP contribution in [0.1, 0.15) is 12.8 Å². The average Bonchev–Trinajstić information content (AvgIpc) is 2.42. The Labute approximate surface area is 116 Å². The number of anilines is 1. The summed E-state index contributed by atoms with van der Waals surface area (Å²) in [7, 11) is 0. The van der Waals surface area contributed by atoms with E-state index in [0.717, 1.165) is 0 Å². The summed E-state index contributed by atoms with van der Waals surface area (Å²) in [5.41, 5.74) is 6.20. The molecule has 1 amide bonds. The average molecular weight is 282 g/mol. The van der Waals surface area contributed by atoms with E-state index in [0.29, 0.717) is 24.5 Å². The molecule has 7 nitrogen and oxygen atoms in total. The molecule has 0 saturated carbocycles. The van der Waals surface area contributed by atoms with E-state index in [1.54, 1.807) is 24.3 Å². The third-order valence-electron chi connectivity index (χ3n) is 2.54. The van der Waals surface area contributed by atoms with Crippen LogP contribution >= 0.6 is 0 Å². The van der Waals surface area contributed by atoms with E-state index in [1.807, 2.05) is 0 Å². The number of carbonyl (C=O) groups excluding carboxylic acids is 1. The molecule has 0 fully saturated rings. The molecule has 1 atom stereocenters. The van der Waals surface area contributed by atoms with Gasteiger partial charge in [0.1, 0.15) is 11.8 Å². The first kappa shape index (κ1) is 15.8. The minimum absolute atomic E-state index is 0.108. The van der Waals surface area contributed by atoms with Gasteiger partial charge in [0.2, 0.25) is 5.91 Å². The number of aliphatic hydroxyl groups excluding tert-OH is 1. The Bertz CT molecular complexity index is 464. The molecular formula is C13H18N2O5. The van der Waals surface area contributed by atoms with Gasteiger partial charge in [-0.25, -0.2) is 4.79 Å². The van der Waals surface area contributed by atoms with Gasteiger partial charge < -0.3 is 26.0 Å². The van der Waals surface area contributed by atoms with Gasteiger partial charge in [0.25, 0.3) is 0 Å². The topological polar surface area (TPSA) is 122 Å². The number of nitrogens with two attached hydrogens (primary N) is 1. The molecule has 0 aliphatic carbocycles. The maximum absolute atomic E-state index is 11.4. The number of nitrogens with one attached hydrogen (secondary N) is 1. The molecule has 1 unspecified atom stereocenters. The van der Waals surface area contributed by atoms with Gasteiger partial charge in [0.05, 0.1) is 18.9 Å². The van der Waals surface area contributed by atoms with E-state index in [-0.39, 0.29) is 6.42 Å². The van der Waals surface area contributed by atoms with Crippen molar-refractivity contribution in [1.29, 1.82) is 0 Å². The minimum Gasteiger partial charge on any atom is -0.491 e. The van der Waals surface area contributed by atoms with Crippen molar-refractivity contribution in [2.75, 3.05) is 18.9 Å². The second-order valence-electron chi connectivity index (χ2n) is 4.13. The quantitative estimate of drug-likeness (QED) is 0.393. The molecular weight excluding hydrogens is 264 g/mol. The van der Waals surface area contributed by atoms with Crippen molar-refractivity contribution in [1.82, 2.24) is 5.32 Å². The summed E-state index contributed by atoms with van der Waals surface area (Å²) in [6.45, 7) is -0.351. The monoisotopic (exact) mass is 282 g/mol. The number of nitrogen functional groups attached to an aromatic ring is 1. The summed E-state index contributed by atoms with van der Waals surface area (Å²) in [5.74, 6) is -1.17. The van der Waals surface area contributed by atoms with Crippen molar-refractivity contribution < 1.29 is 24.5 Å². The summed E-state index contributed by atoms with van der Waals surface area (Å²) >= 11 is 0. The number of aliphatic hydroxyl groups is 1. The number of carboxylic acids is 1. The molecule has 1 aromatic carbocycles. The fourth-order valence-corrected chi connectivity index (χ4v) is 1.48. The zero-order valence-electron chi connectivity index (χ0n) is 10.9. The lowest BCUT2D eigenvalue weighted by Crippen LogP contribution is -2.43. The lowest BCUT2D eigenvalue weighted by Gasteiger charge is -2.12. The summed E-state index contributed by atoms with van der Waals surface area (Å²) < 4.78 is 5.40. The second kappa shape index (κ2) is 8.00. The van der Waals surface area contributed by atoms with Crippen LogP contribution in [-0.2, 0) is 9.59 Å². The Balaban J connectivity index is 2.26. The number of hydrogen-bond acceptors (Lipinski definition) is 5. The van der Waals surface area contributed by atoms with Crippen LogP contribution in [0.3, 0.4) is 0 Å². The van der Waals surface area contributed by atoms with E-state index in [9.17, 15) is 9.59 Å². The maximum Gasteiger partial charge on any atom is 0.328 e. The van der Waals surface area contributed by atoms with Crippen molar-refractivity contribution in [3.05, 3.63) is 24.3 Å². The van der Waals surface area contributed by atoms with Gasteiger partial charge in [-0.3, -0.25) is 4.79 Å². The predicted octanol–water partition coefficient (Wildman–Crippen LogP) is -0.0105. The Hall–Kier alpha value is -2.28. The number of ether oxygens (including phenoxy) is 1. The molecule has 110 valence electrons. The Morgan fingerprint density at radius 2 is 2.05 bits per heavy atom. The number of carbonyl (C=O) groups is 2. The molecule has 7 heteroatoms. The third kappa shape index (κ3) is 5.15. The molecule has 0 aliphatic heterocycles. The van der Waals surface area contributed by atoms with Crippen LogP contribution in [0.5, 0.6) is 5.75 Å². The SMILES string of the molecule is Nc1ccccc1OCCCC(=O)NC(CO)C(=O)O. The van der Waals surface area contributed by atoms with Crippen LogP contribution in [0.15, 0.2) is 24.3 Å². The Morgan fingerprint density at radius 3 is 2.65 bits per heavy atom. The second-order valence-corrected chi connectivity index (χ2v) is 4.13. The summed E-state index contributed by atoms with van der Waals surface area (Å²) in [6, 6.07) is 5.74. The minimum atomic E-state index is -1.27. The van der Waals surface area contributed by atoms with Gasteiger partial charge >= 0.3 is 5.97 Å². The summed E-state index contributed by atoms with van der Waals surface area (Å²) in [6.07, 6.45) is 0.522. The highest BCUT2D eigenvalue weighted by Crippen LogP contribution is 2.19. The zero-order chi connectivity index (χ0) is 15.0. The highest BCUT2D eigenvalue weighted by molar-refractivity contribution is 5.83. The first-order chi connectivity index (χ1) is 9.54. The van der Waals surface area contributed by atoms with E-state index in [2.05, 4.69) is 5.32 Å². The van der Waals surface area contributed by atoms with Crippen LogP contribution in [0.4, 0.5) is 5.69 Å². The van der Waals surface area contributed by atoms with Crippen LogP contribution in [-0.4, -0.2) is 41.3 Å². The third-order valence-corrected chi connectivity index (χ3v) is 2.54. The van der Waals surface area contributed by atoms with Crippen molar-refractivity contribution in [2.45, 2.75) is 18.9 Å². The number of para-hydroxylation sites is 2. The number of rotatable bonds is 8. The molecule has 1 rings (SSSR count). The molecule has 1 aromatic rings. The van der Waals surface area contributed by atoms with E-state index in [4.69, 9.17) is 20.7 Å². The van der Waals surface area contributed by atoms with Crippen LogP contribution in [0.2, 0.25) is 0 Å². The first-order valence-electron chi connectivity index (χ1n) is 6.15. The van der Waals surface area contributed by atoms with E-state index >= 15 is 0 Å². The number of aliphatic carboxylic acids is 1. The number of hydrogen-bond donors (Lipinski definition) is 4. The van der Waals surface area contributed by atoms with Crippen molar-refractivity contribution in [3.8, 4) is 5.75 Å². The molecule has 0 aromatic heterocycles. The summed E-state index contributed by atoms with van der Waals surface area (Å²) in [5, 5.41) is 19.6. The van der Waals surface area contributed by atoms with Crippen LogP contribution in [0.25, 0.3) is 0 Å². The smallest absolute Gasteiger partial charge is 0.328 e. The van der Waals surface area contributed by atoms with Gasteiger partial charge in [0, 0.05) is 6.42 Å². The van der Waals surface area contributed by atoms with E-state index in [1.165, 1.54) is 0 Å². The number of amides is 1. The largest absolute Gasteiger partial charge is 0.491 e. The van der Waals surface area contributed by atoms with Crippen LogP contribution < -0.4 is 15.8 Å². The molecule has 0 heterocycles. The molecule has 0 radical (unpaired) electrons. The maximum atomic E-state index is 11.4. The van der Waals surface area contributed by atoms with Crippen molar-refractivity contribution in [2.24, 2.45) is 0 Å². The molecule has 0 spiro atoms. The zero-order valence-corrected chi connectivity index (χ0v) is 10.9. The predicted molar refractivity (Wildman–Crippen MR) is 72.2 cm³/mol. The first-order valence-corrected chi connectivity index (χ1v) is 6.15. The van der Waals surface area contributed by atoms with Crippen LogP contribution in [0, 0.1) is 0 Å².